The van der Waals surface area contributed by atoms with Gasteiger partial charge in [0.1, 0.15) is 0 Å². The highest BCUT2D eigenvalue weighted by molar-refractivity contribution is 5.47. The van der Waals surface area contributed by atoms with E-state index in [2.05, 4.69) is 20.6 Å². The highest BCUT2D eigenvalue weighted by Crippen LogP contribution is 2.26. The molecule has 0 aliphatic heterocycles. The SMILES string of the molecule is Fc1cc(N[C@H]2CCCC[C@@H]2Nc2cc(F)nc(F)c2)cc(F)n1. The Balaban J connectivity index is 1.75. The molecule has 8 heteroatoms. The van der Waals surface area contributed by atoms with E-state index >= 15 is 0 Å². The number of anilines is 2. The van der Waals surface area contributed by atoms with Gasteiger partial charge in [-0.1, -0.05) is 12.8 Å². The van der Waals surface area contributed by atoms with E-state index in [1.165, 1.54) is 0 Å². The first kappa shape index (κ1) is 16.5. The molecule has 2 N–H and O–H groups in total. The van der Waals surface area contributed by atoms with Gasteiger partial charge in [-0.3, -0.25) is 0 Å². The third-order valence-corrected chi connectivity index (χ3v) is 4.00. The van der Waals surface area contributed by atoms with Gasteiger partial charge in [-0.15, -0.1) is 0 Å². The van der Waals surface area contributed by atoms with E-state index in [0.717, 1.165) is 49.9 Å². The Bertz CT molecular complexity index is 623. The summed E-state index contributed by atoms with van der Waals surface area (Å²) in [6, 6.07) is 4.17. The summed E-state index contributed by atoms with van der Waals surface area (Å²) in [5.74, 6) is -3.63. The van der Waals surface area contributed by atoms with Crippen molar-refractivity contribution in [2.75, 3.05) is 10.6 Å². The number of rotatable bonds is 4. The fourth-order valence-electron chi connectivity index (χ4n) is 3.00. The quantitative estimate of drug-likeness (QED) is 0.655. The van der Waals surface area contributed by atoms with Crippen molar-refractivity contribution in [2.45, 2.75) is 37.8 Å². The Kier molecular flexibility index (Phi) is 4.82. The molecule has 0 unspecified atom stereocenters. The number of halogens is 4. The van der Waals surface area contributed by atoms with Crippen LogP contribution in [-0.4, -0.2) is 22.1 Å². The highest BCUT2D eigenvalue weighted by Gasteiger charge is 2.25. The van der Waals surface area contributed by atoms with Gasteiger partial charge in [-0.25, -0.2) is 0 Å². The summed E-state index contributed by atoms with van der Waals surface area (Å²) in [6.07, 6.45) is 3.43. The molecule has 24 heavy (non-hydrogen) atoms. The van der Waals surface area contributed by atoms with Crippen molar-refractivity contribution < 1.29 is 17.6 Å². The van der Waals surface area contributed by atoms with Crippen molar-refractivity contribution >= 4 is 11.4 Å². The molecule has 128 valence electrons. The second-order valence-corrected chi connectivity index (χ2v) is 5.79. The topological polar surface area (TPSA) is 49.8 Å². The first-order chi connectivity index (χ1) is 11.5. The zero-order valence-electron chi connectivity index (χ0n) is 12.7. The highest BCUT2D eigenvalue weighted by atomic mass is 19.1. The van der Waals surface area contributed by atoms with E-state index in [1.54, 1.807) is 0 Å². The maximum Gasteiger partial charge on any atom is 0.217 e. The Hall–Kier alpha value is -2.38. The van der Waals surface area contributed by atoms with Crippen molar-refractivity contribution in [3.05, 3.63) is 48.1 Å². The Morgan fingerprint density at radius 3 is 1.33 bits per heavy atom. The summed E-state index contributed by atoms with van der Waals surface area (Å²) < 4.78 is 52.9. The van der Waals surface area contributed by atoms with E-state index in [0.29, 0.717) is 0 Å². The van der Waals surface area contributed by atoms with Crippen LogP contribution in [0.5, 0.6) is 0 Å². The van der Waals surface area contributed by atoms with Crippen LogP contribution in [0.3, 0.4) is 0 Å². The third-order valence-electron chi connectivity index (χ3n) is 4.00. The molecule has 0 amide bonds. The number of nitrogens with zero attached hydrogens (tertiary/aromatic N) is 2. The molecule has 0 bridgehead atoms. The minimum Gasteiger partial charge on any atom is -0.380 e. The molecule has 3 rings (SSSR count). The summed E-state index contributed by atoms with van der Waals surface area (Å²) in [5.41, 5.74) is 0.566. The zero-order chi connectivity index (χ0) is 17.1. The zero-order valence-corrected chi connectivity index (χ0v) is 12.7. The van der Waals surface area contributed by atoms with Crippen molar-refractivity contribution in [3.63, 3.8) is 0 Å². The summed E-state index contributed by atoms with van der Waals surface area (Å²) in [6.45, 7) is 0. The molecule has 2 aromatic rings. The second-order valence-electron chi connectivity index (χ2n) is 5.79. The van der Waals surface area contributed by atoms with Gasteiger partial charge in [0.25, 0.3) is 0 Å². The van der Waals surface area contributed by atoms with Crippen LogP contribution in [0.25, 0.3) is 0 Å². The van der Waals surface area contributed by atoms with Gasteiger partial charge in [0.05, 0.1) is 0 Å². The van der Waals surface area contributed by atoms with Crippen molar-refractivity contribution in [1.29, 1.82) is 0 Å². The molecule has 4 nitrogen and oxygen atoms in total. The van der Waals surface area contributed by atoms with E-state index < -0.39 is 23.8 Å². The lowest BCUT2D eigenvalue weighted by molar-refractivity contribution is 0.422. The number of pyridine rings is 2. The summed E-state index contributed by atoms with van der Waals surface area (Å²) in [7, 11) is 0. The molecule has 2 aromatic heterocycles. The van der Waals surface area contributed by atoms with Gasteiger partial charge in [0.2, 0.25) is 23.8 Å². The smallest absolute Gasteiger partial charge is 0.217 e. The van der Waals surface area contributed by atoms with Crippen molar-refractivity contribution in [1.82, 2.24) is 9.97 Å². The minimum absolute atomic E-state index is 0.140. The van der Waals surface area contributed by atoms with E-state index in [-0.39, 0.29) is 23.5 Å². The first-order valence-corrected chi connectivity index (χ1v) is 7.69. The Labute approximate surface area is 136 Å². The van der Waals surface area contributed by atoms with Crippen LogP contribution in [0, 0.1) is 23.8 Å². The molecule has 1 saturated carbocycles. The standard InChI is InChI=1S/C16H16F4N4/c17-13-5-9(6-14(18)23-13)21-11-3-1-2-4-12(11)22-10-7-15(19)24-16(20)8-10/h5-8,11-12H,1-4H2,(H,21,23)(H,22,24)/t11-,12-/m0/s1. The van der Waals surface area contributed by atoms with Crippen LogP contribution >= 0.6 is 0 Å². The molecule has 2 heterocycles. The molecular formula is C16H16F4N4. The number of hydrogen-bond donors (Lipinski definition) is 2. The molecule has 1 aliphatic rings. The molecule has 0 radical (unpaired) electrons. The molecule has 0 saturated heterocycles. The van der Waals surface area contributed by atoms with Crippen LogP contribution in [0.15, 0.2) is 24.3 Å². The van der Waals surface area contributed by atoms with Crippen LogP contribution in [0.2, 0.25) is 0 Å². The molecular weight excluding hydrogens is 324 g/mol. The lowest BCUT2D eigenvalue weighted by Gasteiger charge is -2.34. The average Bonchev–Trinajstić information content (AvgIpc) is 2.47. The number of hydrogen-bond acceptors (Lipinski definition) is 4. The monoisotopic (exact) mass is 340 g/mol. The predicted octanol–water partition coefficient (Wildman–Crippen LogP) is 3.87. The van der Waals surface area contributed by atoms with Gasteiger partial charge in [-0.2, -0.15) is 27.5 Å². The maximum atomic E-state index is 13.2. The van der Waals surface area contributed by atoms with Gasteiger partial charge < -0.3 is 10.6 Å². The van der Waals surface area contributed by atoms with Crippen molar-refractivity contribution in [2.24, 2.45) is 0 Å². The fourth-order valence-corrected chi connectivity index (χ4v) is 3.00. The fraction of sp³-hybridized carbons (Fsp3) is 0.375. The van der Waals surface area contributed by atoms with Gasteiger partial charge in [-0.05, 0) is 12.8 Å². The van der Waals surface area contributed by atoms with Crippen LogP contribution in [0.4, 0.5) is 28.9 Å². The summed E-state index contributed by atoms with van der Waals surface area (Å²) in [4.78, 5) is 6.11. The predicted molar refractivity (Wildman–Crippen MR) is 81.6 cm³/mol. The molecule has 0 spiro atoms. The lowest BCUT2D eigenvalue weighted by atomic mass is 9.90. The molecule has 0 aromatic carbocycles. The third kappa shape index (κ3) is 4.12. The van der Waals surface area contributed by atoms with Crippen LogP contribution in [-0.2, 0) is 0 Å². The number of nitrogens with one attached hydrogen (secondary N) is 2. The van der Waals surface area contributed by atoms with Gasteiger partial charge in [0, 0.05) is 47.7 Å². The molecule has 2 atom stereocenters. The van der Waals surface area contributed by atoms with Gasteiger partial charge in [0.15, 0.2) is 0 Å². The second kappa shape index (κ2) is 7.02. The van der Waals surface area contributed by atoms with E-state index in [9.17, 15) is 17.6 Å². The maximum absolute atomic E-state index is 13.2. The lowest BCUT2D eigenvalue weighted by Crippen LogP contribution is -2.41. The van der Waals surface area contributed by atoms with E-state index in [4.69, 9.17) is 0 Å². The summed E-state index contributed by atoms with van der Waals surface area (Å²) in [5, 5.41) is 6.15. The average molecular weight is 340 g/mol. The first-order valence-electron chi connectivity index (χ1n) is 7.69. The van der Waals surface area contributed by atoms with Crippen LogP contribution in [0.1, 0.15) is 25.7 Å². The minimum atomic E-state index is -0.906. The van der Waals surface area contributed by atoms with Crippen molar-refractivity contribution in [3.8, 4) is 0 Å². The normalized spacial score (nSPS) is 20.7. The Morgan fingerprint density at radius 1 is 0.667 bits per heavy atom. The van der Waals surface area contributed by atoms with E-state index in [1.807, 2.05) is 0 Å². The largest absolute Gasteiger partial charge is 0.380 e. The Morgan fingerprint density at radius 2 is 1.00 bits per heavy atom. The number of aromatic nitrogens is 2. The van der Waals surface area contributed by atoms with Gasteiger partial charge >= 0.3 is 0 Å². The van der Waals surface area contributed by atoms with Crippen LogP contribution < -0.4 is 10.6 Å². The molecule has 1 fully saturated rings. The summed E-state index contributed by atoms with van der Waals surface area (Å²) >= 11 is 0. The molecule has 1 aliphatic carbocycles.